The van der Waals surface area contributed by atoms with Crippen molar-refractivity contribution in [2.45, 2.75) is 17.3 Å². The minimum absolute atomic E-state index is 0.191. The van der Waals surface area contributed by atoms with Crippen LogP contribution in [0.1, 0.15) is 27.4 Å². The van der Waals surface area contributed by atoms with E-state index in [1.807, 2.05) is 54.6 Å². The second-order valence-corrected chi connectivity index (χ2v) is 9.78. The predicted octanol–water partition coefficient (Wildman–Crippen LogP) is 7.34. The first-order chi connectivity index (χ1) is 17.5. The highest BCUT2D eigenvalue weighted by atomic mass is 79.9. The first-order valence-electron chi connectivity index (χ1n) is 10.9. The van der Waals surface area contributed by atoms with Crippen LogP contribution in [0.25, 0.3) is 0 Å². The zero-order valence-corrected chi connectivity index (χ0v) is 22.4. The fourth-order valence-corrected chi connectivity index (χ4v) is 4.59. The number of nitrogens with zero attached hydrogens (tertiary/aromatic N) is 1. The third-order valence-corrected chi connectivity index (χ3v) is 7.09. The van der Waals surface area contributed by atoms with E-state index in [1.54, 1.807) is 43.1 Å². The number of hydrogen-bond acceptors (Lipinski definition) is 6. The fraction of sp³-hybridized carbons (Fsp3) is 0.111. The van der Waals surface area contributed by atoms with Crippen molar-refractivity contribution in [3.63, 3.8) is 0 Å². The maximum atomic E-state index is 12.4. The molecule has 0 aliphatic carbocycles. The van der Waals surface area contributed by atoms with Crippen LogP contribution in [0.2, 0.25) is 5.02 Å². The van der Waals surface area contributed by atoms with E-state index in [2.05, 4.69) is 26.5 Å². The molecule has 0 bridgehead atoms. The zero-order chi connectivity index (χ0) is 25.3. The maximum Gasteiger partial charge on any atom is 0.307 e. The van der Waals surface area contributed by atoms with Gasteiger partial charge in [-0.1, -0.05) is 48.0 Å². The summed E-state index contributed by atoms with van der Waals surface area (Å²) in [6, 6.07) is 24.4. The van der Waals surface area contributed by atoms with Gasteiger partial charge in [0.1, 0.15) is 12.4 Å². The van der Waals surface area contributed by atoms with Crippen LogP contribution in [0.3, 0.4) is 0 Å². The summed E-state index contributed by atoms with van der Waals surface area (Å²) in [6.07, 6.45) is 1.51. The molecule has 1 amide bonds. The van der Waals surface area contributed by atoms with Gasteiger partial charge in [-0.3, -0.25) is 4.79 Å². The van der Waals surface area contributed by atoms with Gasteiger partial charge < -0.3 is 13.9 Å². The molecule has 0 atom stereocenters. The third-order valence-electron chi connectivity index (χ3n) is 5.00. The lowest BCUT2D eigenvalue weighted by atomic mass is 10.2. The van der Waals surface area contributed by atoms with Gasteiger partial charge in [-0.2, -0.15) is 5.10 Å². The smallest absolute Gasteiger partial charge is 0.307 e. The van der Waals surface area contributed by atoms with Crippen LogP contribution in [0.15, 0.2) is 97.7 Å². The molecule has 9 heteroatoms. The van der Waals surface area contributed by atoms with Gasteiger partial charge in [0.25, 0.3) is 0 Å². The SMILES string of the molecule is COc1cc(/C=N/NC(=O)c2ccc(CSc3ccccc3)o2)c(Br)cc1OCc1ccccc1Cl. The van der Waals surface area contributed by atoms with Crippen molar-refractivity contribution in [1.82, 2.24) is 5.43 Å². The Hall–Kier alpha value is -3.20. The normalized spacial score (nSPS) is 11.0. The number of carbonyl (C=O) groups is 1. The average molecular weight is 586 g/mol. The van der Waals surface area contributed by atoms with Gasteiger partial charge in [0.2, 0.25) is 0 Å². The lowest BCUT2D eigenvalue weighted by Gasteiger charge is -2.13. The van der Waals surface area contributed by atoms with Crippen molar-refractivity contribution < 1.29 is 18.7 Å². The minimum Gasteiger partial charge on any atom is -0.493 e. The number of ether oxygens (including phenoxy) is 2. The lowest BCUT2D eigenvalue weighted by molar-refractivity contribution is 0.0926. The average Bonchev–Trinajstić information content (AvgIpc) is 3.38. The van der Waals surface area contributed by atoms with E-state index in [0.29, 0.717) is 44.7 Å². The number of hydrogen-bond donors (Lipinski definition) is 1. The van der Waals surface area contributed by atoms with Crippen LogP contribution in [-0.2, 0) is 12.4 Å². The molecule has 0 spiro atoms. The molecule has 3 aromatic carbocycles. The summed E-state index contributed by atoms with van der Waals surface area (Å²) in [7, 11) is 1.55. The Kier molecular flexibility index (Phi) is 9.11. The molecule has 0 fully saturated rings. The van der Waals surface area contributed by atoms with E-state index >= 15 is 0 Å². The Morgan fingerprint density at radius 3 is 2.64 bits per heavy atom. The number of furan rings is 1. The van der Waals surface area contributed by atoms with Crippen LogP contribution in [0.4, 0.5) is 0 Å². The Morgan fingerprint density at radius 1 is 1.08 bits per heavy atom. The Balaban J connectivity index is 1.35. The van der Waals surface area contributed by atoms with Crippen molar-refractivity contribution in [3.05, 3.63) is 111 Å². The molecule has 184 valence electrons. The Morgan fingerprint density at radius 2 is 1.86 bits per heavy atom. The summed E-state index contributed by atoms with van der Waals surface area (Å²) in [4.78, 5) is 13.6. The van der Waals surface area contributed by atoms with Crippen molar-refractivity contribution in [1.29, 1.82) is 0 Å². The fourth-order valence-electron chi connectivity index (χ4n) is 3.16. The molecule has 0 aliphatic rings. The zero-order valence-electron chi connectivity index (χ0n) is 19.2. The van der Waals surface area contributed by atoms with Gasteiger partial charge in [-0.05, 0) is 58.4 Å². The summed E-state index contributed by atoms with van der Waals surface area (Å²) in [5.74, 6) is 2.14. The highest BCUT2D eigenvalue weighted by Gasteiger charge is 2.13. The second kappa shape index (κ2) is 12.7. The molecular weight excluding hydrogens is 564 g/mol. The number of halogens is 2. The molecule has 4 rings (SSSR count). The number of amides is 1. The number of thioether (sulfide) groups is 1. The summed E-state index contributed by atoms with van der Waals surface area (Å²) < 4.78 is 17.8. The van der Waals surface area contributed by atoms with Crippen molar-refractivity contribution >= 4 is 51.4 Å². The predicted molar refractivity (Wildman–Crippen MR) is 146 cm³/mol. The first-order valence-corrected chi connectivity index (χ1v) is 13.0. The molecule has 1 aromatic heterocycles. The minimum atomic E-state index is -0.440. The van der Waals surface area contributed by atoms with Crippen LogP contribution >= 0.6 is 39.3 Å². The Labute approximate surface area is 226 Å². The first kappa shape index (κ1) is 25.9. The van der Waals surface area contributed by atoms with E-state index in [0.717, 1.165) is 10.5 Å². The molecule has 0 saturated heterocycles. The van der Waals surface area contributed by atoms with Gasteiger partial charge >= 0.3 is 5.91 Å². The Bertz CT molecular complexity index is 1360. The molecule has 0 saturated carbocycles. The van der Waals surface area contributed by atoms with Gasteiger partial charge in [0.05, 0.1) is 19.1 Å². The van der Waals surface area contributed by atoms with Crippen molar-refractivity contribution in [2.75, 3.05) is 7.11 Å². The molecule has 0 unspecified atom stereocenters. The molecule has 1 N–H and O–H groups in total. The number of methoxy groups -OCH3 is 1. The number of rotatable bonds is 10. The monoisotopic (exact) mass is 584 g/mol. The standard InChI is InChI=1S/C27H22BrClN2O4S/c1-33-25-13-19(22(28)14-26(25)34-16-18-7-5-6-10-23(18)29)15-30-31-27(32)24-12-11-20(35-24)17-36-21-8-3-2-4-9-21/h2-15H,16-17H2,1H3,(H,31,32)/b30-15+. The summed E-state index contributed by atoms with van der Waals surface area (Å²) >= 11 is 11.4. The molecule has 0 radical (unpaired) electrons. The lowest BCUT2D eigenvalue weighted by Crippen LogP contribution is -2.16. The number of benzene rings is 3. The van der Waals surface area contributed by atoms with Gasteiger partial charge in [0.15, 0.2) is 17.3 Å². The summed E-state index contributed by atoms with van der Waals surface area (Å²) in [5.41, 5.74) is 4.05. The molecule has 6 nitrogen and oxygen atoms in total. The van der Waals surface area contributed by atoms with Crippen LogP contribution in [0.5, 0.6) is 11.5 Å². The largest absolute Gasteiger partial charge is 0.493 e. The third kappa shape index (κ3) is 6.94. The second-order valence-electron chi connectivity index (χ2n) is 7.47. The van der Waals surface area contributed by atoms with Gasteiger partial charge in [-0.25, -0.2) is 5.43 Å². The molecule has 4 aromatic rings. The van der Waals surface area contributed by atoms with Crippen molar-refractivity contribution in [3.8, 4) is 11.5 Å². The van der Waals surface area contributed by atoms with Crippen molar-refractivity contribution in [2.24, 2.45) is 5.10 Å². The van der Waals surface area contributed by atoms with Crippen LogP contribution in [-0.4, -0.2) is 19.2 Å². The molecule has 0 aliphatic heterocycles. The number of carbonyl (C=O) groups excluding carboxylic acids is 1. The maximum absolute atomic E-state index is 12.4. The summed E-state index contributed by atoms with van der Waals surface area (Å²) in [6.45, 7) is 0.293. The topological polar surface area (TPSA) is 73.1 Å². The van der Waals surface area contributed by atoms with E-state index in [1.165, 1.54) is 6.21 Å². The molecule has 36 heavy (non-hydrogen) atoms. The van der Waals surface area contributed by atoms with Gasteiger partial charge in [0, 0.05) is 25.5 Å². The van der Waals surface area contributed by atoms with Crippen LogP contribution in [0, 0.1) is 0 Å². The number of hydrazone groups is 1. The number of nitrogens with one attached hydrogen (secondary N) is 1. The van der Waals surface area contributed by atoms with Crippen LogP contribution < -0.4 is 14.9 Å². The quantitative estimate of drug-likeness (QED) is 0.120. The van der Waals surface area contributed by atoms with E-state index in [-0.39, 0.29) is 5.76 Å². The highest BCUT2D eigenvalue weighted by Crippen LogP contribution is 2.34. The van der Waals surface area contributed by atoms with E-state index < -0.39 is 5.91 Å². The molecular formula is C27H22BrClN2O4S. The van der Waals surface area contributed by atoms with Gasteiger partial charge in [-0.15, -0.1) is 11.8 Å². The highest BCUT2D eigenvalue weighted by molar-refractivity contribution is 9.10. The van der Waals surface area contributed by atoms with E-state index in [9.17, 15) is 4.79 Å². The summed E-state index contributed by atoms with van der Waals surface area (Å²) in [5, 5.41) is 4.69. The van der Waals surface area contributed by atoms with E-state index in [4.69, 9.17) is 25.5 Å². The molecule has 1 heterocycles.